The molecule has 1 unspecified atom stereocenters. The maximum Gasteiger partial charge on any atom is 0.270 e. The van der Waals surface area contributed by atoms with Crippen molar-refractivity contribution in [1.82, 2.24) is 10.3 Å². The average molecular weight is 383 g/mol. The SMILES string of the molecule is Cc1ccc(-c2nc(C(=O)NCC(O)c3ccc([N+](=O)[O-])cc3)cs2)cc1. The molecule has 7 nitrogen and oxygen atoms in total. The minimum atomic E-state index is -0.968. The van der Waals surface area contributed by atoms with Gasteiger partial charge >= 0.3 is 0 Å². The number of aryl methyl sites for hydroxylation is 1. The number of nitro groups is 1. The van der Waals surface area contributed by atoms with E-state index >= 15 is 0 Å². The van der Waals surface area contributed by atoms with Crippen molar-refractivity contribution in [3.63, 3.8) is 0 Å². The van der Waals surface area contributed by atoms with Crippen molar-refractivity contribution in [2.75, 3.05) is 6.54 Å². The summed E-state index contributed by atoms with van der Waals surface area (Å²) in [6.07, 6.45) is -0.968. The third-order valence-corrected chi connectivity index (χ3v) is 4.87. The maximum atomic E-state index is 12.3. The Hall–Kier alpha value is -3.10. The van der Waals surface area contributed by atoms with Crippen LogP contribution in [0, 0.1) is 17.0 Å². The maximum absolute atomic E-state index is 12.3. The summed E-state index contributed by atoms with van der Waals surface area (Å²) in [6.45, 7) is 1.98. The number of non-ortho nitro benzene ring substituents is 1. The molecule has 0 radical (unpaired) electrons. The molecule has 0 bridgehead atoms. The number of aromatic nitrogens is 1. The van der Waals surface area contributed by atoms with Gasteiger partial charge in [0.2, 0.25) is 0 Å². The lowest BCUT2D eigenvalue weighted by molar-refractivity contribution is -0.384. The van der Waals surface area contributed by atoms with Crippen LogP contribution in [-0.2, 0) is 0 Å². The average Bonchev–Trinajstić information content (AvgIpc) is 3.16. The molecule has 1 aromatic heterocycles. The van der Waals surface area contributed by atoms with E-state index in [0.717, 1.165) is 16.1 Å². The fourth-order valence-electron chi connectivity index (χ4n) is 2.42. The number of thiazole rings is 1. The molecular weight excluding hydrogens is 366 g/mol. The molecule has 138 valence electrons. The van der Waals surface area contributed by atoms with E-state index < -0.39 is 11.0 Å². The zero-order valence-electron chi connectivity index (χ0n) is 14.5. The first-order valence-corrected chi connectivity index (χ1v) is 9.05. The van der Waals surface area contributed by atoms with Crippen LogP contribution in [0.5, 0.6) is 0 Å². The van der Waals surface area contributed by atoms with E-state index in [-0.39, 0.29) is 23.8 Å². The van der Waals surface area contributed by atoms with Crippen LogP contribution in [-0.4, -0.2) is 27.5 Å². The number of rotatable bonds is 6. The van der Waals surface area contributed by atoms with E-state index in [1.54, 1.807) is 5.38 Å². The van der Waals surface area contributed by atoms with Crippen LogP contribution in [0.2, 0.25) is 0 Å². The number of carbonyl (C=O) groups excluding carboxylic acids is 1. The molecule has 0 aliphatic carbocycles. The number of nitrogens with one attached hydrogen (secondary N) is 1. The summed E-state index contributed by atoms with van der Waals surface area (Å²) >= 11 is 1.37. The number of nitro benzene ring substituents is 1. The number of amides is 1. The van der Waals surface area contributed by atoms with Crippen LogP contribution in [0.15, 0.2) is 53.9 Å². The van der Waals surface area contributed by atoms with E-state index in [0.29, 0.717) is 5.56 Å². The quantitative estimate of drug-likeness (QED) is 0.501. The van der Waals surface area contributed by atoms with Crippen molar-refractivity contribution in [2.45, 2.75) is 13.0 Å². The van der Waals surface area contributed by atoms with E-state index in [2.05, 4.69) is 10.3 Å². The molecule has 0 fully saturated rings. The zero-order chi connectivity index (χ0) is 19.4. The first-order valence-electron chi connectivity index (χ1n) is 8.17. The van der Waals surface area contributed by atoms with Gasteiger partial charge in [0.1, 0.15) is 10.7 Å². The molecule has 3 rings (SSSR count). The van der Waals surface area contributed by atoms with Gasteiger partial charge in [-0.15, -0.1) is 11.3 Å². The second-order valence-electron chi connectivity index (χ2n) is 5.98. The Kier molecular flexibility index (Phi) is 5.58. The number of aliphatic hydroxyl groups is 1. The lowest BCUT2D eigenvalue weighted by Gasteiger charge is -2.11. The predicted octanol–water partition coefficient (Wildman–Crippen LogP) is 3.49. The molecule has 0 aliphatic heterocycles. The molecule has 8 heteroatoms. The molecule has 0 saturated carbocycles. The van der Waals surface area contributed by atoms with Crippen LogP contribution < -0.4 is 5.32 Å². The first kappa shape index (κ1) is 18.7. The molecule has 0 aliphatic rings. The van der Waals surface area contributed by atoms with Crippen molar-refractivity contribution < 1.29 is 14.8 Å². The van der Waals surface area contributed by atoms with E-state index in [4.69, 9.17) is 0 Å². The lowest BCUT2D eigenvalue weighted by atomic mass is 10.1. The van der Waals surface area contributed by atoms with Crippen molar-refractivity contribution in [3.8, 4) is 10.6 Å². The normalized spacial score (nSPS) is 11.8. The summed E-state index contributed by atoms with van der Waals surface area (Å²) in [6, 6.07) is 13.4. The van der Waals surface area contributed by atoms with E-state index in [1.165, 1.54) is 35.6 Å². The largest absolute Gasteiger partial charge is 0.387 e. The van der Waals surface area contributed by atoms with Gasteiger partial charge in [-0.1, -0.05) is 29.8 Å². The van der Waals surface area contributed by atoms with Crippen molar-refractivity contribution in [2.24, 2.45) is 0 Å². The molecule has 27 heavy (non-hydrogen) atoms. The fourth-order valence-corrected chi connectivity index (χ4v) is 3.23. The molecule has 0 spiro atoms. The van der Waals surface area contributed by atoms with Gasteiger partial charge in [-0.2, -0.15) is 0 Å². The Morgan fingerprint density at radius 1 is 1.22 bits per heavy atom. The topological polar surface area (TPSA) is 105 Å². The highest BCUT2D eigenvalue weighted by Crippen LogP contribution is 2.24. The molecule has 2 N–H and O–H groups in total. The van der Waals surface area contributed by atoms with Gasteiger partial charge < -0.3 is 10.4 Å². The number of hydrogen-bond donors (Lipinski definition) is 2. The number of carbonyl (C=O) groups is 1. The second-order valence-corrected chi connectivity index (χ2v) is 6.84. The molecule has 1 amide bonds. The summed E-state index contributed by atoms with van der Waals surface area (Å²) < 4.78 is 0. The molecule has 0 saturated heterocycles. The van der Waals surface area contributed by atoms with Crippen LogP contribution in [0.25, 0.3) is 10.6 Å². The van der Waals surface area contributed by atoms with Gasteiger partial charge in [-0.3, -0.25) is 14.9 Å². The fraction of sp³-hybridized carbons (Fsp3) is 0.158. The van der Waals surface area contributed by atoms with Gasteiger partial charge in [0.05, 0.1) is 11.0 Å². The summed E-state index contributed by atoms with van der Waals surface area (Å²) in [7, 11) is 0. The molecular formula is C19H17N3O4S. The highest BCUT2D eigenvalue weighted by Gasteiger charge is 2.15. The van der Waals surface area contributed by atoms with Crippen LogP contribution >= 0.6 is 11.3 Å². The van der Waals surface area contributed by atoms with Crippen LogP contribution in [0.4, 0.5) is 5.69 Å². The zero-order valence-corrected chi connectivity index (χ0v) is 15.3. The van der Waals surface area contributed by atoms with Crippen molar-refractivity contribution >= 4 is 22.9 Å². The van der Waals surface area contributed by atoms with Gasteiger partial charge in [-0.25, -0.2) is 4.98 Å². The van der Waals surface area contributed by atoms with Crippen LogP contribution in [0.1, 0.15) is 27.7 Å². The molecule has 2 aromatic carbocycles. The van der Waals surface area contributed by atoms with E-state index in [9.17, 15) is 20.0 Å². The third kappa shape index (κ3) is 4.55. The number of aliphatic hydroxyl groups excluding tert-OH is 1. The predicted molar refractivity (Wildman–Crippen MR) is 103 cm³/mol. The standard InChI is InChI=1S/C19H17N3O4S/c1-12-2-4-14(5-3-12)19-21-16(11-27-19)18(24)20-10-17(23)13-6-8-15(9-7-13)22(25)26/h2-9,11,17,23H,10H2,1H3,(H,20,24). The third-order valence-electron chi connectivity index (χ3n) is 3.98. The van der Waals surface area contributed by atoms with Crippen molar-refractivity contribution in [3.05, 3.63) is 80.8 Å². The van der Waals surface area contributed by atoms with Crippen molar-refractivity contribution in [1.29, 1.82) is 0 Å². The molecule has 3 aromatic rings. The summed E-state index contributed by atoms with van der Waals surface area (Å²) in [4.78, 5) is 26.7. The lowest BCUT2D eigenvalue weighted by Crippen LogP contribution is -2.28. The smallest absolute Gasteiger partial charge is 0.270 e. The van der Waals surface area contributed by atoms with Gasteiger partial charge in [0, 0.05) is 29.6 Å². The number of benzene rings is 2. The Balaban J connectivity index is 1.60. The molecule has 1 atom stereocenters. The highest BCUT2D eigenvalue weighted by atomic mass is 32.1. The highest BCUT2D eigenvalue weighted by molar-refractivity contribution is 7.13. The van der Waals surface area contributed by atoms with Crippen LogP contribution in [0.3, 0.4) is 0 Å². The Labute approximate surface area is 159 Å². The van der Waals surface area contributed by atoms with Gasteiger partial charge in [-0.05, 0) is 24.6 Å². The molecule has 1 heterocycles. The Morgan fingerprint density at radius 3 is 2.52 bits per heavy atom. The number of nitrogens with zero attached hydrogens (tertiary/aromatic N) is 2. The number of hydrogen-bond acceptors (Lipinski definition) is 6. The Morgan fingerprint density at radius 2 is 1.89 bits per heavy atom. The summed E-state index contributed by atoms with van der Waals surface area (Å²) in [5.41, 5.74) is 2.80. The van der Waals surface area contributed by atoms with Gasteiger partial charge in [0.25, 0.3) is 11.6 Å². The monoisotopic (exact) mass is 383 g/mol. The minimum absolute atomic E-state index is 0.0198. The minimum Gasteiger partial charge on any atom is -0.387 e. The van der Waals surface area contributed by atoms with Gasteiger partial charge in [0.15, 0.2) is 0 Å². The summed E-state index contributed by atoms with van der Waals surface area (Å²) in [5, 5.41) is 25.9. The Bertz CT molecular complexity index is 952. The second kappa shape index (κ2) is 8.07. The van der Waals surface area contributed by atoms with E-state index in [1.807, 2.05) is 31.2 Å². The first-order chi connectivity index (χ1) is 12.9. The summed E-state index contributed by atoms with van der Waals surface area (Å²) in [5.74, 6) is -0.384.